The predicted molar refractivity (Wildman–Crippen MR) is 92.8 cm³/mol. The van der Waals surface area contributed by atoms with Crippen molar-refractivity contribution in [2.45, 2.75) is 32.2 Å². The largest absolute Gasteiger partial charge is 0.504 e. The molecule has 0 bridgehead atoms. The molecular weight excluding hydrogens is 346 g/mol. The smallest absolute Gasteiger partial charge is 0.260 e. The Labute approximate surface area is 147 Å². The highest BCUT2D eigenvalue weighted by Gasteiger charge is 2.32. The van der Waals surface area contributed by atoms with Crippen LogP contribution in [0.1, 0.15) is 43.4 Å². The van der Waals surface area contributed by atoms with Gasteiger partial charge in [0.05, 0.1) is 5.56 Å². The van der Waals surface area contributed by atoms with Gasteiger partial charge in [-0.1, -0.05) is 0 Å². The summed E-state index contributed by atoms with van der Waals surface area (Å²) in [7, 11) is 0. The number of phenols is 3. The first-order chi connectivity index (χ1) is 11.7. The number of fused-ring (bicyclic) bond motifs is 1. The van der Waals surface area contributed by atoms with Crippen LogP contribution in [0.2, 0.25) is 0 Å². The standard InChI is InChI=1S/C16H17N3O5S/c1-6(2)19-15(24)12-8(5-11(22)17-14(12)18-16(19)25)7-3-9(20)13(23)10(21)4-7/h3-4,6,8,20-21,23H,5H2,1-2H3,(H,17,22)(H,18,25). The normalized spacial score (nSPS) is 16.6. The number of H-pyrrole nitrogens is 1. The Morgan fingerprint density at radius 1 is 1.20 bits per heavy atom. The number of hydrogen-bond acceptors (Lipinski definition) is 6. The third-order valence-corrected chi connectivity index (χ3v) is 4.48. The maximum atomic E-state index is 13.0. The van der Waals surface area contributed by atoms with Crippen molar-refractivity contribution in [2.75, 3.05) is 5.32 Å². The number of carbonyl (C=O) groups is 1. The number of nitrogens with zero attached hydrogens (tertiary/aromatic N) is 1. The molecule has 8 nitrogen and oxygen atoms in total. The van der Waals surface area contributed by atoms with Crippen molar-refractivity contribution in [3.8, 4) is 17.2 Å². The van der Waals surface area contributed by atoms with Gasteiger partial charge in [0.2, 0.25) is 5.91 Å². The van der Waals surface area contributed by atoms with E-state index in [0.29, 0.717) is 5.56 Å². The van der Waals surface area contributed by atoms with E-state index in [0.717, 1.165) is 0 Å². The first kappa shape index (κ1) is 17.0. The zero-order valence-corrected chi connectivity index (χ0v) is 14.3. The lowest BCUT2D eigenvalue weighted by Crippen LogP contribution is -2.35. The maximum Gasteiger partial charge on any atom is 0.260 e. The van der Waals surface area contributed by atoms with Gasteiger partial charge in [0.1, 0.15) is 5.82 Å². The molecule has 0 spiro atoms. The number of hydrogen-bond donors (Lipinski definition) is 5. The van der Waals surface area contributed by atoms with Crippen LogP contribution in [0.25, 0.3) is 0 Å². The number of aromatic amines is 1. The van der Waals surface area contributed by atoms with Crippen LogP contribution in [0.15, 0.2) is 16.9 Å². The number of phenolic OH excluding ortho intramolecular Hbond substituents is 3. The van der Waals surface area contributed by atoms with Gasteiger partial charge in [-0.25, -0.2) is 0 Å². The maximum absolute atomic E-state index is 13.0. The molecule has 0 radical (unpaired) electrons. The molecule has 132 valence electrons. The molecule has 0 saturated heterocycles. The molecule has 1 aromatic heterocycles. The molecule has 1 aromatic carbocycles. The number of amides is 1. The molecule has 1 unspecified atom stereocenters. The predicted octanol–water partition coefficient (Wildman–Crippen LogP) is 2.08. The highest BCUT2D eigenvalue weighted by molar-refractivity contribution is 7.71. The van der Waals surface area contributed by atoms with E-state index in [1.807, 2.05) is 13.8 Å². The summed E-state index contributed by atoms with van der Waals surface area (Å²) < 4.78 is 1.59. The summed E-state index contributed by atoms with van der Waals surface area (Å²) in [4.78, 5) is 27.9. The fraction of sp³-hybridized carbons (Fsp3) is 0.312. The van der Waals surface area contributed by atoms with Crippen molar-refractivity contribution in [1.29, 1.82) is 0 Å². The van der Waals surface area contributed by atoms with Crippen LogP contribution in [-0.2, 0) is 4.79 Å². The topological polar surface area (TPSA) is 128 Å². The molecule has 1 amide bonds. The fourth-order valence-corrected chi connectivity index (χ4v) is 3.44. The summed E-state index contributed by atoms with van der Waals surface area (Å²) in [5.74, 6) is -2.55. The van der Waals surface area contributed by atoms with E-state index in [1.165, 1.54) is 16.7 Å². The van der Waals surface area contributed by atoms with Crippen molar-refractivity contribution in [2.24, 2.45) is 0 Å². The molecule has 3 rings (SSSR count). The summed E-state index contributed by atoms with van der Waals surface area (Å²) in [6, 6.07) is 2.26. The second-order valence-electron chi connectivity index (χ2n) is 6.20. The Morgan fingerprint density at radius 2 is 1.80 bits per heavy atom. The summed E-state index contributed by atoms with van der Waals surface area (Å²) >= 11 is 5.20. The Morgan fingerprint density at radius 3 is 2.36 bits per heavy atom. The number of rotatable bonds is 2. The molecule has 5 N–H and O–H groups in total. The monoisotopic (exact) mass is 363 g/mol. The Kier molecular flexibility index (Phi) is 4.03. The summed E-state index contributed by atoms with van der Waals surface area (Å²) in [5.41, 5.74) is 0.263. The van der Waals surface area contributed by atoms with Gasteiger partial charge < -0.3 is 25.6 Å². The Bertz CT molecular complexity index is 969. The van der Waals surface area contributed by atoms with E-state index >= 15 is 0 Å². The van der Waals surface area contributed by atoms with E-state index in [-0.39, 0.29) is 40.1 Å². The third kappa shape index (κ3) is 2.76. The minimum atomic E-state index is -0.703. The number of nitrogens with one attached hydrogen (secondary N) is 2. The van der Waals surface area contributed by atoms with Crippen LogP contribution >= 0.6 is 12.2 Å². The lowest BCUT2D eigenvalue weighted by atomic mass is 9.86. The lowest BCUT2D eigenvalue weighted by molar-refractivity contribution is -0.116. The van der Waals surface area contributed by atoms with E-state index in [1.54, 1.807) is 0 Å². The van der Waals surface area contributed by atoms with Crippen LogP contribution < -0.4 is 10.9 Å². The van der Waals surface area contributed by atoms with Crippen molar-refractivity contribution in [3.63, 3.8) is 0 Å². The third-order valence-electron chi connectivity index (χ3n) is 4.18. The molecule has 1 aliphatic rings. The molecule has 0 aliphatic carbocycles. The fourth-order valence-electron chi connectivity index (χ4n) is 3.04. The first-order valence-corrected chi connectivity index (χ1v) is 8.05. The second-order valence-corrected chi connectivity index (χ2v) is 6.59. The van der Waals surface area contributed by atoms with Crippen LogP contribution in [-0.4, -0.2) is 30.8 Å². The lowest BCUT2D eigenvalue weighted by Gasteiger charge is -2.26. The van der Waals surface area contributed by atoms with E-state index in [9.17, 15) is 24.9 Å². The van der Waals surface area contributed by atoms with Gasteiger partial charge in [0.15, 0.2) is 22.0 Å². The number of carbonyl (C=O) groups excluding carboxylic acids is 1. The zero-order valence-electron chi connectivity index (χ0n) is 13.5. The van der Waals surface area contributed by atoms with Gasteiger partial charge >= 0.3 is 0 Å². The average molecular weight is 363 g/mol. The summed E-state index contributed by atoms with van der Waals surface area (Å²) in [5, 5.41) is 31.6. The molecule has 0 saturated carbocycles. The van der Waals surface area contributed by atoms with Gasteiger partial charge in [-0.2, -0.15) is 0 Å². The SMILES string of the molecule is CC(C)n1c(=S)[nH]c2c(c1=O)C(c1cc(O)c(O)c(O)c1)CC(=O)N2. The molecule has 0 fully saturated rings. The summed E-state index contributed by atoms with van der Waals surface area (Å²) in [6.07, 6.45) is -0.0470. The van der Waals surface area contributed by atoms with Crippen LogP contribution in [0.5, 0.6) is 17.2 Å². The molecule has 2 aromatic rings. The van der Waals surface area contributed by atoms with Gasteiger partial charge in [-0.15, -0.1) is 0 Å². The van der Waals surface area contributed by atoms with Gasteiger partial charge in [0, 0.05) is 18.4 Å². The van der Waals surface area contributed by atoms with Crippen molar-refractivity contribution in [1.82, 2.24) is 9.55 Å². The zero-order chi connectivity index (χ0) is 18.5. The average Bonchev–Trinajstić information content (AvgIpc) is 2.50. The highest BCUT2D eigenvalue weighted by atomic mass is 32.1. The van der Waals surface area contributed by atoms with E-state index < -0.39 is 23.2 Å². The van der Waals surface area contributed by atoms with Crippen molar-refractivity contribution in [3.05, 3.63) is 38.4 Å². The highest BCUT2D eigenvalue weighted by Crippen LogP contribution is 2.41. The molecule has 1 atom stereocenters. The second kappa shape index (κ2) is 5.92. The number of benzene rings is 1. The molecular formula is C16H17N3O5S. The Hall–Kier alpha value is -2.81. The molecule has 1 aliphatic heterocycles. The molecule has 9 heteroatoms. The van der Waals surface area contributed by atoms with Crippen LogP contribution in [0.4, 0.5) is 5.82 Å². The minimum absolute atomic E-state index is 0.0470. The number of aromatic hydroxyl groups is 3. The minimum Gasteiger partial charge on any atom is -0.504 e. The van der Waals surface area contributed by atoms with Crippen LogP contribution in [0, 0.1) is 4.77 Å². The van der Waals surface area contributed by atoms with E-state index in [2.05, 4.69) is 10.3 Å². The number of aromatic nitrogens is 2. The first-order valence-electron chi connectivity index (χ1n) is 7.64. The summed E-state index contributed by atoms with van der Waals surface area (Å²) in [6.45, 7) is 3.62. The van der Waals surface area contributed by atoms with Gasteiger partial charge in [-0.05, 0) is 43.8 Å². The Balaban J connectivity index is 2.29. The molecule has 25 heavy (non-hydrogen) atoms. The van der Waals surface area contributed by atoms with Crippen molar-refractivity contribution < 1.29 is 20.1 Å². The van der Waals surface area contributed by atoms with E-state index in [4.69, 9.17) is 12.2 Å². The van der Waals surface area contributed by atoms with Gasteiger partial charge in [-0.3, -0.25) is 14.2 Å². The number of anilines is 1. The van der Waals surface area contributed by atoms with Crippen molar-refractivity contribution >= 4 is 23.9 Å². The quantitative estimate of drug-likeness (QED) is 0.411. The van der Waals surface area contributed by atoms with Crippen LogP contribution in [0.3, 0.4) is 0 Å². The molecule has 2 heterocycles. The van der Waals surface area contributed by atoms with Gasteiger partial charge in [0.25, 0.3) is 5.56 Å².